The Morgan fingerprint density at radius 3 is 2.89 bits per heavy atom. The molecule has 0 bridgehead atoms. The number of hydrogen-bond acceptors (Lipinski definition) is 3. The van der Waals surface area contributed by atoms with Crippen LogP contribution in [0, 0.1) is 0 Å². The summed E-state index contributed by atoms with van der Waals surface area (Å²) in [5.74, 6) is -0.136. The average Bonchev–Trinajstić information content (AvgIpc) is 2.43. The summed E-state index contributed by atoms with van der Waals surface area (Å²) in [4.78, 5) is 16.0. The fourth-order valence-corrected chi connectivity index (χ4v) is 2.13. The van der Waals surface area contributed by atoms with E-state index in [-0.39, 0.29) is 5.91 Å². The molecule has 5 heteroatoms. The topological polar surface area (TPSA) is 68.0 Å². The van der Waals surface area contributed by atoms with Crippen molar-refractivity contribution in [2.24, 2.45) is 0 Å². The fourth-order valence-electron chi connectivity index (χ4n) is 1.69. The van der Waals surface area contributed by atoms with E-state index in [0.29, 0.717) is 22.3 Å². The van der Waals surface area contributed by atoms with Crippen molar-refractivity contribution in [3.8, 4) is 0 Å². The maximum absolute atomic E-state index is 12.0. The Morgan fingerprint density at radius 1 is 1.32 bits per heavy atom. The molecule has 0 fully saturated rings. The number of carbonyl (C=O) groups is 1. The van der Waals surface area contributed by atoms with Gasteiger partial charge in [-0.3, -0.25) is 9.78 Å². The Morgan fingerprint density at radius 2 is 2.16 bits per heavy atom. The third-order valence-electron chi connectivity index (χ3n) is 2.70. The second-order valence-electron chi connectivity index (χ2n) is 4.08. The number of nitrogens with zero attached hydrogens (tertiary/aromatic N) is 1. The molecule has 1 amide bonds. The largest absolute Gasteiger partial charge is 0.398 e. The minimum atomic E-state index is -0.136. The summed E-state index contributed by atoms with van der Waals surface area (Å²) in [6, 6.07) is 9.10. The molecule has 3 N–H and O–H groups in total. The summed E-state index contributed by atoms with van der Waals surface area (Å²) in [6.45, 7) is 0.561. The van der Waals surface area contributed by atoms with Crippen LogP contribution in [0.1, 0.15) is 15.9 Å². The highest BCUT2D eigenvalue weighted by Crippen LogP contribution is 2.23. The van der Waals surface area contributed by atoms with Gasteiger partial charge in [-0.05, 0) is 46.1 Å². The molecule has 0 spiro atoms. The van der Waals surface area contributed by atoms with Gasteiger partial charge in [0.2, 0.25) is 0 Å². The summed E-state index contributed by atoms with van der Waals surface area (Å²) in [5.41, 5.74) is 7.94. The number of nitrogens with one attached hydrogen (secondary N) is 1. The summed E-state index contributed by atoms with van der Waals surface area (Å²) < 4.78 is 0.633. The number of pyridine rings is 1. The molecule has 0 aliphatic heterocycles. The zero-order valence-corrected chi connectivity index (χ0v) is 11.9. The van der Waals surface area contributed by atoms with Crippen molar-refractivity contribution < 1.29 is 4.79 Å². The van der Waals surface area contributed by atoms with Gasteiger partial charge in [0.25, 0.3) is 5.91 Å². The van der Waals surface area contributed by atoms with Crippen LogP contribution < -0.4 is 11.1 Å². The standard InChI is InChI=1S/C14H14BrN3O/c15-13-11(4-1-5-12(13)16)14(19)18-8-6-10-3-2-7-17-9-10/h1-5,7,9H,6,8,16H2,(H,18,19). The molecule has 2 rings (SSSR count). The highest BCUT2D eigenvalue weighted by Gasteiger charge is 2.10. The van der Waals surface area contributed by atoms with Crippen LogP contribution in [0.2, 0.25) is 0 Å². The molecule has 98 valence electrons. The van der Waals surface area contributed by atoms with Gasteiger partial charge in [-0.25, -0.2) is 0 Å². The first-order valence-electron chi connectivity index (χ1n) is 5.89. The average molecular weight is 320 g/mol. The lowest BCUT2D eigenvalue weighted by Crippen LogP contribution is -2.26. The van der Waals surface area contributed by atoms with Crippen LogP contribution in [-0.4, -0.2) is 17.4 Å². The van der Waals surface area contributed by atoms with Crippen molar-refractivity contribution in [1.29, 1.82) is 0 Å². The van der Waals surface area contributed by atoms with Gasteiger partial charge in [-0.1, -0.05) is 12.1 Å². The first-order valence-corrected chi connectivity index (χ1v) is 6.69. The molecule has 1 aromatic heterocycles. The number of hydrogen-bond donors (Lipinski definition) is 2. The minimum Gasteiger partial charge on any atom is -0.398 e. The number of benzene rings is 1. The van der Waals surface area contributed by atoms with Crippen molar-refractivity contribution >= 4 is 27.5 Å². The number of nitrogen functional groups attached to an aromatic ring is 1. The number of halogens is 1. The smallest absolute Gasteiger partial charge is 0.252 e. The third-order valence-corrected chi connectivity index (χ3v) is 3.58. The second kappa shape index (κ2) is 6.33. The first kappa shape index (κ1) is 13.5. The van der Waals surface area contributed by atoms with Crippen molar-refractivity contribution in [2.45, 2.75) is 6.42 Å². The Balaban J connectivity index is 1.93. The van der Waals surface area contributed by atoms with Crippen molar-refractivity contribution in [2.75, 3.05) is 12.3 Å². The lowest BCUT2D eigenvalue weighted by molar-refractivity contribution is 0.0953. The van der Waals surface area contributed by atoms with Crippen molar-refractivity contribution in [1.82, 2.24) is 10.3 Å². The lowest BCUT2D eigenvalue weighted by Gasteiger charge is -2.08. The monoisotopic (exact) mass is 319 g/mol. The van der Waals surface area contributed by atoms with E-state index in [4.69, 9.17) is 5.73 Å². The quantitative estimate of drug-likeness (QED) is 0.850. The molecule has 0 unspecified atom stereocenters. The van der Waals surface area contributed by atoms with E-state index in [9.17, 15) is 4.79 Å². The van der Waals surface area contributed by atoms with Gasteiger partial charge in [0, 0.05) is 24.6 Å². The molecule has 1 aromatic carbocycles. The maximum atomic E-state index is 12.0. The molecule has 0 saturated heterocycles. The summed E-state index contributed by atoms with van der Waals surface area (Å²) in [6.07, 6.45) is 4.27. The van der Waals surface area contributed by atoms with Crippen LogP contribution in [0.15, 0.2) is 47.2 Å². The molecular formula is C14H14BrN3O. The predicted molar refractivity (Wildman–Crippen MR) is 78.8 cm³/mol. The van der Waals surface area contributed by atoms with Gasteiger partial charge in [0.05, 0.1) is 10.0 Å². The Kier molecular flexibility index (Phi) is 4.52. The zero-order chi connectivity index (χ0) is 13.7. The van der Waals surface area contributed by atoms with Crippen LogP contribution in [0.25, 0.3) is 0 Å². The highest BCUT2D eigenvalue weighted by atomic mass is 79.9. The van der Waals surface area contributed by atoms with Gasteiger partial charge >= 0.3 is 0 Å². The van der Waals surface area contributed by atoms with Crippen LogP contribution in [0.4, 0.5) is 5.69 Å². The van der Waals surface area contributed by atoms with Gasteiger partial charge in [-0.15, -0.1) is 0 Å². The summed E-state index contributed by atoms with van der Waals surface area (Å²) in [7, 11) is 0. The zero-order valence-electron chi connectivity index (χ0n) is 10.3. The van der Waals surface area contributed by atoms with Crippen molar-refractivity contribution in [3.05, 3.63) is 58.3 Å². The summed E-state index contributed by atoms with van der Waals surface area (Å²) >= 11 is 3.32. The van der Waals surface area contributed by atoms with Crippen LogP contribution in [-0.2, 0) is 6.42 Å². The van der Waals surface area contributed by atoms with E-state index >= 15 is 0 Å². The van der Waals surface area contributed by atoms with E-state index in [0.717, 1.165) is 12.0 Å². The fraction of sp³-hybridized carbons (Fsp3) is 0.143. The van der Waals surface area contributed by atoms with E-state index < -0.39 is 0 Å². The number of aromatic nitrogens is 1. The van der Waals surface area contributed by atoms with Gasteiger partial charge in [0.1, 0.15) is 0 Å². The Labute approximate surface area is 120 Å². The molecule has 0 atom stereocenters. The molecule has 4 nitrogen and oxygen atoms in total. The van der Waals surface area contributed by atoms with Gasteiger partial charge < -0.3 is 11.1 Å². The minimum absolute atomic E-state index is 0.136. The molecule has 1 heterocycles. The Bertz CT molecular complexity index is 572. The Hall–Kier alpha value is -1.88. The highest BCUT2D eigenvalue weighted by molar-refractivity contribution is 9.10. The molecule has 0 aliphatic rings. The molecule has 0 aliphatic carbocycles. The number of anilines is 1. The van der Waals surface area contributed by atoms with Crippen LogP contribution in [0.3, 0.4) is 0 Å². The number of carbonyl (C=O) groups excluding carboxylic acids is 1. The van der Waals surface area contributed by atoms with Crippen molar-refractivity contribution in [3.63, 3.8) is 0 Å². The second-order valence-corrected chi connectivity index (χ2v) is 4.87. The molecule has 19 heavy (non-hydrogen) atoms. The van der Waals surface area contributed by atoms with E-state index in [1.165, 1.54) is 0 Å². The lowest BCUT2D eigenvalue weighted by atomic mass is 10.1. The SMILES string of the molecule is Nc1cccc(C(=O)NCCc2cccnc2)c1Br. The van der Waals surface area contributed by atoms with E-state index in [1.54, 1.807) is 30.6 Å². The van der Waals surface area contributed by atoms with Gasteiger partial charge in [0.15, 0.2) is 0 Å². The van der Waals surface area contributed by atoms with E-state index in [2.05, 4.69) is 26.2 Å². The van der Waals surface area contributed by atoms with E-state index in [1.807, 2.05) is 12.1 Å². The normalized spacial score (nSPS) is 10.2. The summed E-state index contributed by atoms with van der Waals surface area (Å²) in [5, 5.41) is 2.86. The van der Waals surface area contributed by atoms with Crippen LogP contribution >= 0.6 is 15.9 Å². The molecular weight excluding hydrogens is 306 g/mol. The van der Waals surface area contributed by atoms with Crippen LogP contribution in [0.5, 0.6) is 0 Å². The molecule has 0 radical (unpaired) electrons. The number of nitrogens with two attached hydrogens (primary N) is 1. The maximum Gasteiger partial charge on any atom is 0.252 e. The third kappa shape index (κ3) is 3.54. The number of rotatable bonds is 4. The number of amides is 1. The molecule has 0 saturated carbocycles. The predicted octanol–water partition coefficient (Wildman–Crippen LogP) is 2.40. The van der Waals surface area contributed by atoms with Gasteiger partial charge in [-0.2, -0.15) is 0 Å². The first-order chi connectivity index (χ1) is 9.18. The molecule has 2 aromatic rings.